The Morgan fingerprint density at radius 3 is 2.50 bits per heavy atom. The number of carbonyl (C=O) groups is 1. The molecule has 0 aliphatic heterocycles. The van der Waals surface area contributed by atoms with Gasteiger partial charge in [0.1, 0.15) is 10.8 Å². The third kappa shape index (κ3) is 2.44. The van der Waals surface area contributed by atoms with E-state index < -0.39 is 23.0 Å². The summed E-state index contributed by atoms with van der Waals surface area (Å²) in [4.78, 5) is 14.3. The lowest BCUT2D eigenvalue weighted by atomic mass is 10.1. The maximum absolute atomic E-state index is 12.4. The molecule has 0 unspecified atom stereocenters. The first-order chi connectivity index (χ1) is 7.27. The predicted molar refractivity (Wildman–Crippen MR) is 50.3 cm³/mol. The summed E-state index contributed by atoms with van der Waals surface area (Å²) in [6.07, 6.45) is -4.59. The number of alkyl halides is 3. The molecule has 16 heavy (non-hydrogen) atoms. The van der Waals surface area contributed by atoms with Crippen LogP contribution < -0.4 is 0 Å². The lowest BCUT2D eigenvalue weighted by Gasteiger charge is -2.11. The molecule has 0 aliphatic rings. The number of pyridine rings is 1. The summed E-state index contributed by atoms with van der Waals surface area (Å²) >= 11 is 5.47. The summed E-state index contributed by atoms with van der Waals surface area (Å²) in [5.74, 6) is -0.825. The van der Waals surface area contributed by atoms with E-state index >= 15 is 0 Å². The molecule has 0 aromatic carbocycles. The molecule has 0 fully saturated rings. The quantitative estimate of drug-likeness (QED) is 0.571. The Morgan fingerprint density at radius 2 is 2.06 bits per heavy atom. The number of ether oxygens (including phenoxy) is 1. The maximum Gasteiger partial charge on any atom is 0.433 e. The summed E-state index contributed by atoms with van der Waals surface area (Å²) in [6.45, 7) is 1.19. The van der Waals surface area contributed by atoms with E-state index in [1.807, 2.05) is 0 Å². The highest BCUT2D eigenvalue weighted by molar-refractivity contribution is 6.32. The van der Waals surface area contributed by atoms with Gasteiger partial charge in [-0.05, 0) is 18.6 Å². The number of aromatic nitrogens is 1. The number of halogens is 4. The molecular weight excluding hydrogens is 247 g/mol. The van der Waals surface area contributed by atoms with Crippen LogP contribution >= 0.6 is 11.6 Å². The topological polar surface area (TPSA) is 39.2 Å². The molecule has 1 rings (SSSR count). The number of rotatable bonds is 1. The molecule has 0 amide bonds. The molecule has 1 aromatic rings. The fourth-order valence-corrected chi connectivity index (χ4v) is 1.35. The molecule has 1 aromatic heterocycles. The molecule has 0 spiro atoms. The molecule has 3 nitrogen and oxygen atoms in total. The van der Waals surface area contributed by atoms with E-state index in [4.69, 9.17) is 11.6 Å². The highest BCUT2D eigenvalue weighted by atomic mass is 35.5. The minimum atomic E-state index is -4.59. The first kappa shape index (κ1) is 12.8. The number of nitrogens with zero attached hydrogens (tertiary/aromatic N) is 1. The largest absolute Gasteiger partial charge is 0.465 e. The van der Waals surface area contributed by atoms with E-state index in [1.165, 1.54) is 6.92 Å². The van der Waals surface area contributed by atoms with Crippen molar-refractivity contribution in [3.05, 3.63) is 28.0 Å². The van der Waals surface area contributed by atoms with Crippen LogP contribution in [0.2, 0.25) is 5.15 Å². The maximum atomic E-state index is 12.4. The highest BCUT2D eigenvalue weighted by Crippen LogP contribution is 2.32. The van der Waals surface area contributed by atoms with Gasteiger partial charge in [0.2, 0.25) is 0 Å². The van der Waals surface area contributed by atoms with Crippen molar-refractivity contribution in [2.75, 3.05) is 7.11 Å². The Bertz CT molecular complexity index is 431. The van der Waals surface area contributed by atoms with Gasteiger partial charge in [-0.15, -0.1) is 0 Å². The molecule has 7 heteroatoms. The SMILES string of the molecule is COC(=O)c1cc(C)c(C(F)(F)F)nc1Cl. The van der Waals surface area contributed by atoms with Gasteiger partial charge in [-0.1, -0.05) is 11.6 Å². The second-order valence-electron chi connectivity index (χ2n) is 2.98. The number of esters is 1. The molecule has 1 heterocycles. The second-order valence-corrected chi connectivity index (χ2v) is 3.34. The Balaban J connectivity index is 3.33. The van der Waals surface area contributed by atoms with Crippen molar-refractivity contribution in [2.24, 2.45) is 0 Å². The van der Waals surface area contributed by atoms with E-state index in [2.05, 4.69) is 9.72 Å². The van der Waals surface area contributed by atoms with Gasteiger partial charge < -0.3 is 4.74 Å². The van der Waals surface area contributed by atoms with Gasteiger partial charge in [0.25, 0.3) is 0 Å². The average molecular weight is 254 g/mol. The van der Waals surface area contributed by atoms with Crippen molar-refractivity contribution >= 4 is 17.6 Å². The van der Waals surface area contributed by atoms with Crippen molar-refractivity contribution in [3.8, 4) is 0 Å². The van der Waals surface area contributed by atoms with Gasteiger partial charge in [0, 0.05) is 0 Å². The van der Waals surface area contributed by atoms with Gasteiger partial charge in [-0.3, -0.25) is 0 Å². The summed E-state index contributed by atoms with van der Waals surface area (Å²) in [6, 6.07) is 1.00. The van der Waals surface area contributed by atoms with Gasteiger partial charge >= 0.3 is 12.1 Å². The van der Waals surface area contributed by atoms with Crippen LogP contribution in [-0.2, 0) is 10.9 Å². The van der Waals surface area contributed by atoms with Crippen LogP contribution in [0.25, 0.3) is 0 Å². The van der Waals surface area contributed by atoms with Crippen LogP contribution in [0.5, 0.6) is 0 Å². The first-order valence-electron chi connectivity index (χ1n) is 4.10. The molecule has 0 atom stereocenters. The Kier molecular flexibility index (Phi) is 3.42. The minimum Gasteiger partial charge on any atom is -0.465 e. The zero-order valence-corrected chi connectivity index (χ0v) is 9.11. The second kappa shape index (κ2) is 4.29. The third-order valence-corrected chi connectivity index (χ3v) is 2.13. The fourth-order valence-electron chi connectivity index (χ4n) is 1.13. The normalized spacial score (nSPS) is 11.4. The molecule has 88 valence electrons. The lowest BCUT2D eigenvalue weighted by Crippen LogP contribution is -2.13. The van der Waals surface area contributed by atoms with E-state index in [0.29, 0.717) is 0 Å². The van der Waals surface area contributed by atoms with Crippen molar-refractivity contribution < 1.29 is 22.7 Å². The van der Waals surface area contributed by atoms with Gasteiger partial charge in [-0.2, -0.15) is 13.2 Å². The number of carbonyl (C=O) groups excluding carboxylic acids is 1. The third-order valence-electron chi connectivity index (χ3n) is 1.84. The number of hydrogen-bond donors (Lipinski definition) is 0. The summed E-state index contributed by atoms with van der Waals surface area (Å²) < 4.78 is 41.6. The number of methoxy groups -OCH3 is 1. The molecule has 0 aliphatic carbocycles. The van der Waals surface area contributed by atoms with Gasteiger partial charge in [0.05, 0.1) is 12.7 Å². The van der Waals surface area contributed by atoms with Crippen LogP contribution in [0.4, 0.5) is 13.2 Å². The zero-order chi connectivity index (χ0) is 12.5. The molecule has 0 bridgehead atoms. The van der Waals surface area contributed by atoms with Crippen LogP contribution in [0.3, 0.4) is 0 Å². The summed E-state index contributed by atoms with van der Waals surface area (Å²) in [7, 11) is 1.10. The van der Waals surface area contributed by atoms with Crippen molar-refractivity contribution in [3.63, 3.8) is 0 Å². The fraction of sp³-hybridized carbons (Fsp3) is 0.333. The van der Waals surface area contributed by atoms with Crippen LogP contribution in [0, 0.1) is 6.92 Å². The van der Waals surface area contributed by atoms with Crippen LogP contribution in [0.15, 0.2) is 6.07 Å². The van der Waals surface area contributed by atoms with E-state index in [0.717, 1.165) is 13.2 Å². The number of aryl methyl sites for hydroxylation is 1. The first-order valence-corrected chi connectivity index (χ1v) is 4.47. The molecule has 0 saturated heterocycles. The number of hydrogen-bond acceptors (Lipinski definition) is 3. The zero-order valence-electron chi connectivity index (χ0n) is 8.35. The minimum absolute atomic E-state index is 0.183. The summed E-state index contributed by atoms with van der Waals surface area (Å²) in [5, 5.41) is -0.523. The van der Waals surface area contributed by atoms with E-state index in [1.54, 1.807) is 0 Å². The predicted octanol–water partition coefficient (Wildman–Crippen LogP) is 2.85. The standard InChI is InChI=1S/C9H7ClF3NO2/c1-4-3-5(8(15)16-2)7(10)14-6(4)9(11,12)13/h3H,1-2H3. The van der Waals surface area contributed by atoms with Crippen molar-refractivity contribution in [1.29, 1.82) is 0 Å². The Hall–Kier alpha value is -1.30. The summed E-state index contributed by atoms with van der Waals surface area (Å²) in [5.41, 5.74) is -1.47. The molecule has 0 N–H and O–H groups in total. The van der Waals surface area contributed by atoms with Gasteiger partial charge in [-0.25, -0.2) is 9.78 Å². The molecule has 0 saturated carbocycles. The average Bonchev–Trinajstić information content (AvgIpc) is 2.18. The van der Waals surface area contributed by atoms with Gasteiger partial charge in [0.15, 0.2) is 0 Å². The highest BCUT2D eigenvalue weighted by Gasteiger charge is 2.35. The molecular formula is C9H7ClF3NO2. The van der Waals surface area contributed by atoms with E-state index in [-0.39, 0.29) is 11.1 Å². The van der Waals surface area contributed by atoms with Crippen LogP contribution in [-0.4, -0.2) is 18.1 Å². The van der Waals surface area contributed by atoms with E-state index in [9.17, 15) is 18.0 Å². The Labute approximate surface area is 94.2 Å². The van der Waals surface area contributed by atoms with Crippen molar-refractivity contribution in [2.45, 2.75) is 13.1 Å². The molecule has 0 radical (unpaired) electrons. The van der Waals surface area contributed by atoms with Crippen molar-refractivity contribution in [1.82, 2.24) is 4.98 Å². The Morgan fingerprint density at radius 1 is 1.50 bits per heavy atom. The lowest BCUT2D eigenvalue weighted by molar-refractivity contribution is -0.141. The monoisotopic (exact) mass is 253 g/mol. The smallest absolute Gasteiger partial charge is 0.433 e. The van der Waals surface area contributed by atoms with Crippen LogP contribution in [0.1, 0.15) is 21.6 Å².